The smallest absolute Gasteiger partial charge is 0.144 e. The molecule has 0 aromatic carbocycles. The predicted octanol–water partition coefficient (Wildman–Crippen LogP) is -2.06. The van der Waals surface area contributed by atoms with Crippen LogP contribution in [0.3, 0.4) is 0 Å². The van der Waals surface area contributed by atoms with Crippen LogP contribution in [0.15, 0.2) is 0 Å². The van der Waals surface area contributed by atoms with E-state index in [-0.39, 0.29) is 0 Å². The van der Waals surface area contributed by atoms with E-state index in [9.17, 15) is 10.2 Å². The number of rotatable bonds is 5. The van der Waals surface area contributed by atoms with Crippen LogP contribution in [-0.2, 0) is 4.89 Å². The number of aliphatic hydroxyl groups excluding tert-OH is 3. The van der Waals surface area contributed by atoms with E-state index in [2.05, 4.69) is 4.89 Å². The minimum Gasteiger partial charge on any atom is -0.393 e. The highest BCUT2D eigenvalue weighted by atomic mass is 17.1. The molecule has 0 fully saturated rings. The molecule has 5 N–H and O–H groups in total. The molecule has 0 aliphatic heterocycles. The Labute approximate surface area is 69.6 Å². The molecule has 3 atom stereocenters. The maximum absolute atomic E-state index is 9.22. The minimum atomic E-state index is -1.81. The summed E-state index contributed by atoms with van der Waals surface area (Å²) in [6.45, 7) is -0.207. The molecule has 3 unspecified atom stereocenters. The molecule has 74 valence electrons. The van der Waals surface area contributed by atoms with E-state index in [1.165, 1.54) is 0 Å². The normalized spacial score (nSPS) is 21.5. The molecule has 0 saturated heterocycles. The highest BCUT2D eigenvalue weighted by Crippen LogP contribution is 2.13. The topological polar surface area (TPSA) is 110 Å². The van der Waals surface area contributed by atoms with Crippen LogP contribution in [0, 0.1) is 0 Å². The molecule has 6 heteroatoms. The van der Waals surface area contributed by atoms with Crippen LogP contribution in [0.25, 0.3) is 0 Å². The standard InChI is InChI=1S/C6H14O6/c1-6(10,3-8)5(9)4(2-7)12-11/h4-5,7-11H,2-3H2,1H3. The Balaban J connectivity index is 4.23. The molecule has 0 bridgehead atoms. The molecule has 0 saturated carbocycles. The number of hydrogen-bond acceptors (Lipinski definition) is 6. The molecular weight excluding hydrogens is 168 g/mol. The number of hydrogen-bond donors (Lipinski definition) is 5. The van der Waals surface area contributed by atoms with Crippen LogP contribution in [0.2, 0.25) is 0 Å². The largest absolute Gasteiger partial charge is 0.393 e. The van der Waals surface area contributed by atoms with Crippen molar-refractivity contribution in [3.63, 3.8) is 0 Å². The molecule has 12 heavy (non-hydrogen) atoms. The lowest BCUT2D eigenvalue weighted by Crippen LogP contribution is -2.51. The van der Waals surface area contributed by atoms with Crippen LogP contribution in [0.1, 0.15) is 6.92 Å². The Morgan fingerprint density at radius 3 is 2.17 bits per heavy atom. The summed E-state index contributed by atoms with van der Waals surface area (Å²) in [5.41, 5.74) is -1.81. The second-order valence-electron chi connectivity index (χ2n) is 2.79. The van der Waals surface area contributed by atoms with E-state index in [0.717, 1.165) is 6.92 Å². The first kappa shape index (κ1) is 11.8. The Kier molecular flexibility index (Phi) is 4.61. The van der Waals surface area contributed by atoms with Crippen molar-refractivity contribution in [3.8, 4) is 0 Å². The summed E-state index contributed by atoms with van der Waals surface area (Å²) in [6, 6.07) is 0. The van der Waals surface area contributed by atoms with E-state index in [0.29, 0.717) is 0 Å². The van der Waals surface area contributed by atoms with E-state index in [1.807, 2.05) is 0 Å². The van der Waals surface area contributed by atoms with Gasteiger partial charge in [-0.05, 0) is 6.92 Å². The van der Waals surface area contributed by atoms with Crippen molar-refractivity contribution >= 4 is 0 Å². The minimum absolute atomic E-state index is 0.659. The molecule has 0 aromatic heterocycles. The molecule has 0 aliphatic rings. The van der Waals surface area contributed by atoms with E-state index < -0.39 is 31.0 Å². The van der Waals surface area contributed by atoms with Gasteiger partial charge in [-0.3, -0.25) is 5.26 Å². The van der Waals surface area contributed by atoms with Gasteiger partial charge in [-0.2, -0.15) is 0 Å². The van der Waals surface area contributed by atoms with Crippen LogP contribution < -0.4 is 0 Å². The zero-order valence-electron chi connectivity index (χ0n) is 6.71. The quantitative estimate of drug-likeness (QED) is 0.247. The fourth-order valence-corrected chi connectivity index (χ4v) is 0.685. The third-order valence-electron chi connectivity index (χ3n) is 1.62. The lowest BCUT2D eigenvalue weighted by Gasteiger charge is -2.30. The van der Waals surface area contributed by atoms with Crippen LogP contribution in [-0.4, -0.2) is 56.7 Å². The van der Waals surface area contributed by atoms with E-state index >= 15 is 0 Å². The summed E-state index contributed by atoms with van der Waals surface area (Å²) >= 11 is 0. The average molecular weight is 182 g/mol. The van der Waals surface area contributed by atoms with Crippen LogP contribution in [0.5, 0.6) is 0 Å². The Morgan fingerprint density at radius 2 is 1.92 bits per heavy atom. The van der Waals surface area contributed by atoms with E-state index in [4.69, 9.17) is 15.5 Å². The van der Waals surface area contributed by atoms with Gasteiger partial charge in [0, 0.05) is 0 Å². The van der Waals surface area contributed by atoms with Gasteiger partial charge in [0.15, 0.2) is 0 Å². The van der Waals surface area contributed by atoms with Crippen LogP contribution >= 0.6 is 0 Å². The van der Waals surface area contributed by atoms with Crippen molar-refractivity contribution in [2.75, 3.05) is 13.2 Å². The highest BCUT2D eigenvalue weighted by molar-refractivity contribution is 4.86. The zero-order valence-corrected chi connectivity index (χ0v) is 6.71. The summed E-state index contributed by atoms with van der Waals surface area (Å²) < 4.78 is 0. The summed E-state index contributed by atoms with van der Waals surface area (Å²) in [5, 5.41) is 43.6. The van der Waals surface area contributed by atoms with Crippen molar-refractivity contribution < 1.29 is 30.6 Å². The summed E-state index contributed by atoms with van der Waals surface area (Å²) in [6.07, 6.45) is -2.88. The Hall–Kier alpha value is -0.240. The van der Waals surface area contributed by atoms with Crippen LogP contribution in [0.4, 0.5) is 0 Å². The van der Waals surface area contributed by atoms with Gasteiger partial charge in [-0.15, -0.1) is 0 Å². The fourth-order valence-electron chi connectivity index (χ4n) is 0.685. The molecule has 0 spiro atoms. The third-order valence-corrected chi connectivity index (χ3v) is 1.62. The van der Waals surface area contributed by atoms with Crippen molar-refractivity contribution in [1.82, 2.24) is 0 Å². The zero-order chi connectivity index (χ0) is 9.78. The third kappa shape index (κ3) is 2.67. The summed E-state index contributed by atoms with van der Waals surface area (Å²) in [5.74, 6) is 0. The molecule has 0 aromatic rings. The van der Waals surface area contributed by atoms with E-state index in [1.54, 1.807) is 0 Å². The lowest BCUT2D eigenvalue weighted by molar-refractivity contribution is -0.317. The Bertz CT molecular complexity index is 121. The molecule has 0 rings (SSSR count). The van der Waals surface area contributed by atoms with Crippen molar-refractivity contribution in [2.24, 2.45) is 0 Å². The van der Waals surface area contributed by atoms with Gasteiger partial charge in [0.05, 0.1) is 13.2 Å². The second-order valence-corrected chi connectivity index (χ2v) is 2.79. The monoisotopic (exact) mass is 182 g/mol. The first-order valence-electron chi connectivity index (χ1n) is 3.42. The number of aliphatic hydroxyl groups is 4. The van der Waals surface area contributed by atoms with Crippen molar-refractivity contribution in [3.05, 3.63) is 0 Å². The fraction of sp³-hybridized carbons (Fsp3) is 1.00. The molecule has 0 radical (unpaired) electrons. The highest BCUT2D eigenvalue weighted by Gasteiger charge is 2.36. The van der Waals surface area contributed by atoms with Gasteiger partial charge >= 0.3 is 0 Å². The lowest BCUT2D eigenvalue weighted by atomic mass is 9.96. The maximum atomic E-state index is 9.22. The van der Waals surface area contributed by atoms with Crippen molar-refractivity contribution in [2.45, 2.75) is 24.7 Å². The average Bonchev–Trinajstić information content (AvgIpc) is 2.06. The van der Waals surface area contributed by atoms with Gasteiger partial charge in [0.2, 0.25) is 0 Å². The summed E-state index contributed by atoms with van der Waals surface area (Å²) in [4.78, 5) is 3.68. The van der Waals surface area contributed by atoms with Gasteiger partial charge in [-0.1, -0.05) is 0 Å². The first-order chi connectivity index (χ1) is 5.49. The van der Waals surface area contributed by atoms with Crippen molar-refractivity contribution in [1.29, 1.82) is 0 Å². The van der Waals surface area contributed by atoms with Gasteiger partial charge < -0.3 is 20.4 Å². The molecule has 6 nitrogen and oxygen atoms in total. The molecular formula is C6H14O6. The maximum Gasteiger partial charge on any atom is 0.144 e. The predicted molar refractivity (Wildman–Crippen MR) is 38.3 cm³/mol. The second kappa shape index (κ2) is 4.70. The van der Waals surface area contributed by atoms with Gasteiger partial charge in [-0.25, -0.2) is 4.89 Å². The molecule has 0 amide bonds. The van der Waals surface area contributed by atoms with Gasteiger partial charge in [0.25, 0.3) is 0 Å². The van der Waals surface area contributed by atoms with Gasteiger partial charge in [0.1, 0.15) is 17.8 Å². The molecule has 0 heterocycles. The molecule has 0 aliphatic carbocycles. The summed E-state index contributed by atoms with van der Waals surface area (Å²) in [7, 11) is 0. The first-order valence-corrected chi connectivity index (χ1v) is 3.42. The Morgan fingerprint density at radius 1 is 1.42 bits per heavy atom. The SMILES string of the molecule is CC(O)(CO)C(O)C(CO)OO.